The molecule has 2 aromatic heterocycles. The SMILES string of the molecule is Cc1c2nc(-c3ccc(C#N)cc3)c(-c3ccc(C#N)cc3)nc2c(C(C)C)c2nc3c(nc12)-c1ccccc1C3(C)C. The van der Waals surface area contributed by atoms with Gasteiger partial charge in [-0.15, -0.1) is 0 Å². The minimum Gasteiger partial charge on any atom is -0.248 e. The van der Waals surface area contributed by atoms with E-state index in [9.17, 15) is 10.5 Å². The third-order valence-corrected chi connectivity index (χ3v) is 8.61. The molecule has 0 amide bonds. The van der Waals surface area contributed by atoms with Crippen LogP contribution in [0.3, 0.4) is 0 Å². The number of nitrogens with zero attached hydrogens (tertiary/aromatic N) is 6. The average Bonchev–Trinajstić information content (AvgIpc) is 3.25. The van der Waals surface area contributed by atoms with Gasteiger partial charge < -0.3 is 0 Å². The Morgan fingerprint density at radius 1 is 0.628 bits per heavy atom. The van der Waals surface area contributed by atoms with Gasteiger partial charge in [-0.25, -0.2) is 19.9 Å². The normalized spacial score (nSPS) is 13.1. The molecule has 6 nitrogen and oxygen atoms in total. The second-order valence-corrected chi connectivity index (χ2v) is 12.0. The highest BCUT2D eigenvalue weighted by molar-refractivity contribution is 6.02. The number of fused-ring (bicyclic) bond motifs is 5. The lowest BCUT2D eigenvalue weighted by atomic mass is 9.85. The summed E-state index contributed by atoms with van der Waals surface area (Å²) in [6.45, 7) is 10.8. The molecule has 0 saturated heterocycles. The Labute approximate surface area is 250 Å². The van der Waals surface area contributed by atoms with E-state index in [2.05, 4.69) is 71.0 Å². The van der Waals surface area contributed by atoms with Crippen molar-refractivity contribution < 1.29 is 0 Å². The lowest BCUT2D eigenvalue weighted by Crippen LogP contribution is -2.17. The fraction of sp³-hybridized carbons (Fsp3) is 0.189. The molecule has 0 unspecified atom stereocenters. The molecular formula is C37H28N6. The molecule has 0 N–H and O–H groups in total. The second kappa shape index (κ2) is 9.54. The van der Waals surface area contributed by atoms with Crippen molar-refractivity contribution in [1.82, 2.24) is 19.9 Å². The van der Waals surface area contributed by atoms with Crippen molar-refractivity contribution in [3.05, 3.63) is 106 Å². The fourth-order valence-corrected chi connectivity index (χ4v) is 6.33. The van der Waals surface area contributed by atoms with E-state index in [0.29, 0.717) is 22.5 Å². The van der Waals surface area contributed by atoms with E-state index >= 15 is 0 Å². The number of hydrogen-bond donors (Lipinski definition) is 0. The summed E-state index contributed by atoms with van der Waals surface area (Å²) in [7, 11) is 0. The minimum atomic E-state index is -0.275. The molecule has 0 atom stereocenters. The molecule has 0 saturated carbocycles. The van der Waals surface area contributed by atoms with Crippen molar-refractivity contribution >= 4 is 22.1 Å². The van der Waals surface area contributed by atoms with Crippen LogP contribution in [0.2, 0.25) is 0 Å². The van der Waals surface area contributed by atoms with Crippen LogP contribution in [0, 0.1) is 29.6 Å². The Kier molecular flexibility index (Phi) is 5.87. The molecule has 6 aromatic rings. The van der Waals surface area contributed by atoms with Gasteiger partial charge in [-0.2, -0.15) is 10.5 Å². The Balaban J connectivity index is 1.60. The van der Waals surface area contributed by atoms with Crippen molar-refractivity contribution in [2.24, 2.45) is 0 Å². The smallest absolute Gasteiger partial charge is 0.0991 e. The molecule has 6 heteroatoms. The van der Waals surface area contributed by atoms with Gasteiger partial charge in [0.2, 0.25) is 0 Å². The monoisotopic (exact) mass is 556 g/mol. The summed E-state index contributed by atoms with van der Waals surface area (Å²) in [5, 5.41) is 18.8. The maximum atomic E-state index is 9.39. The number of hydrogen-bond acceptors (Lipinski definition) is 6. The Morgan fingerprint density at radius 2 is 1.12 bits per heavy atom. The van der Waals surface area contributed by atoms with Gasteiger partial charge in [-0.05, 0) is 42.7 Å². The lowest BCUT2D eigenvalue weighted by molar-refractivity contribution is 0.638. The summed E-state index contributed by atoms with van der Waals surface area (Å²) in [6.07, 6.45) is 0. The maximum absolute atomic E-state index is 9.39. The quantitative estimate of drug-likeness (QED) is 0.203. The van der Waals surface area contributed by atoms with E-state index < -0.39 is 0 Å². The number of benzene rings is 4. The first kappa shape index (κ1) is 26.4. The first-order valence-corrected chi connectivity index (χ1v) is 14.4. The zero-order valence-corrected chi connectivity index (χ0v) is 24.7. The van der Waals surface area contributed by atoms with Crippen molar-refractivity contribution in [2.75, 3.05) is 0 Å². The number of aryl methyl sites for hydroxylation is 1. The highest BCUT2D eigenvalue weighted by Crippen LogP contribution is 2.48. The summed E-state index contributed by atoms with van der Waals surface area (Å²) in [6, 6.07) is 27.7. The third kappa shape index (κ3) is 3.91. The van der Waals surface area contributed by atoms with Crippen LogP contribution in [-0.4, -0.2) is 19.9 Å². The summed E-state index contributed by atoms with van der Waals surface area (Å²) in [4.78, 5) is 21.3. The molecule has 0 spiro atoms. The van der Waals surface area contributed by atoms with Crippen LogP contribution in [0.15, 0.2) is 72.8 Å². The van der Waals surface area contributed by atoms with Crippen molar-refractivity contribution in [2.45, 2.75) is 46.0 Å². The predicted octanol–water partition coefficient (Wildman–Crippen LogP) is 8.39. The van der Waals surface area contributed by atoms with Gasteiger partial charge in [0, 0.05) is 33.2 Å². The largest absolute Gasteiger partial charge is 0.248 e. The van der Waals surface area contributed by atoms with E-state index in [1.807, 2.05) is 24.3 Å². The van der Waals surface area contributed by atoms with Gasteiger partial charge in [0.05, 0.1) is 68.1 Å². The Morgan fingerprint density at radius 3 is 1.65 bits per heavy atom. The topological polar surface area (TPSA) is 99.1 Å². The van der Waals surface area contributed by atoms with Gasteiger partial charge in [0.1, 0.15) is 0 Å². The summed E-state index contributed by atoms with van der Waals surface area (Å²) in [5.74, 6) is 0.105. The standard InChI is InChI=1S/C37H28N6/c1-20(2)28-34-29(21(3)30-35(28)43-36-33(41-30)26-8-6-7-9-27(26)37(36,4)5)40-31(24-14-10-22(18-38)11-15-24)32(42-34)25-16-12-23(19-39)13-17-25/h6-17,20H,1-5H3. The van der Waals surface area contributed by atoms with Gasteiger partial charge in [-0.1, -0.05) is 76.2 Å². The molecule has 7 rings (SSSR count). The van der Waals surface area contributed by atoms with E-state index in [0.717, 1.165) is 61.3 Å². The lowest BCUT2D eigenvalue weighted by Gasteiger charge is -2.22. The molecule has 0 fully saturated rings. The third-order valence-electron chi connectivity index (χ3n) is 8.61. The Hall–Kier alpha value is -5.46. The van der Waals surface area contributed by atoms with Crippen LogP contribution in [-0.2, 0) is 5.41 Å². The molecule has 4 aromatic carbocycles. The molecular weight excluding hydrogens is 528 g/mol. The molecule has 2 heterocycles. The Bertz CT molecular complexity index is 2200. The van der Waals surface area contributed by atoms with Crippen LogP contribution in [0.25, 0.3) is 55.8 Å². The molecule has 43 heavy (non-hydrogen) atoms. The van der Waals surface area contributed by atoms with Crippen molar-refractivity contribution in [3.63, 3.8) is 0 Å². The van der Waals surface area contributed by atoms with Gasteiger partial charge >= 0.3 is 0 Å². The highest BCUT2D eigenvalue weighted by Gasteiger charge is 2.39. The summed E-state index contributed by atoms with van der Waals surface area (Å²) in [5.41, 5.74) is 13.5. The molecule has 206 valence electrons. The first-order chi connectivity index (χ1) is 20.7. The summed E-state index contributed by atoms with van der Waals surface area (Å²) < 4.78 is 0. The first-order valence-electron chi connectivity index (χ1n) is 14.4. The zero-order valence-electron chi connectivity index (χ0n) is 24.7. The highest BCUT2D eigenvalue weighted by atomic mass is 14.9. The van der Waals surface area contributed by atoms with Crippen LogP contribution >= 0.6 is 0 Å². The van der Waals surface area contributed by atoms with Crippen LogP contribution in [0.1, 0.15) is 67.1 Å². The van der Waals surface area contributed by atoms with Crippen molar-refractivity contribution in [1.29, 1.82) is 10.5 Å². The number of aromatic nitrogens is 4. The van der Waals surface area contributed by atoms with E-state index in [-0.39, 0.29) is 11.3 Å². The number of rotatable bonds is 3. The van der Waals surface area contributed by atoms with Crippen LogP contribution < -0.4 is 0 Å². The molecule has 1 aliphatic rings. The molecule has 0 aliphatic heterocycles. The van der Waals surface area contributed by atoms with Crippen LogP contribution in [0.5, 0.6) is 0 Å². The second-order valence-electron chi connectivity index (χ2n) is 12.0. The van der Waals surface area contributed by atoms with Crippen LogP contribution in [0.4, 0.5) is 0 Å². The number of nitriles is 2. The molecule has 0 radical (unpaired) electrons. The fourth-order valence-electron chi connectivity index (χ4n) is 6.33. The zero-order chi connectivity index (χ0) is 30.0. The van der Waals surface area contributed by atoms with E-state index in [4.69, 9.17) is 19.9 Å². The maximum Gasteiger partial charge on any atom is 0.0991 e. The molecule has 1 aliphatic carbocycles. The molecule has 0 bridgehead atoms. The van der Waals surface area contributed by atoms with Crippen molar-refractivity contribution in [3.8, 4) is 45.9 Å². The summed E-state index contributed by atoms with van der Waals surface area (Å²) >= 11 is 0. The van der Waals surface area contributed by atoms with E-state index in [1.165, 1.54) is 5.56 Å². The predicted molar refractivity (Wildman–Crippen MR) is 169 cm³/mol. The van der Waals surface area contributed by atoms with Gasteiger partial charge in [-0.3, -0.25) is 0 Å². The van der Waals surface area contributed by atoms with Gasteiger partial charge in [0.25, 0.3) is 0 Å². The van der Waals surface area contributed by atoms with E-state index in [1.54, 1.807) is 24.3 Å². The minimum absolute atomic E-state index is 0.105. The van der Waals surface area contributed by atoms with Gasteiger partial charge in [0.15, 0.2) is 0 Å². The average molecular weight is 557 g/mol.